The summed E-state index contributed by atoms with van der Waals surface area (Å²) >= 11 is 0. The van der Waals surface area contributed by atoms with Crippen molar-refractivity contribution in [2.24, 2.45) is 0 Å². The molecule has 1 aromatic carbocycles. The third kappa shape index (κ3) is 5.67. The molecule has 1 saturated heterocycles. The summed E-state index contributed by atoms with van der Waals surface area (Å²) in [4.78, 5) is 23.5. The number of ketones is 1. The summed E-state index contributed by atoms with van der Waals surface area (Å²) in [6.45, 7) is 1.38. The number of rotatable bonds is 7. The first kappa shape index (κ1) is 26.7. The molecule has 0 N–H and O–H groups in total. The van der Waals surface area contributed by atoms with Gasteiger partial charge in [0.05, 0.1) is 22.7 Å². The fourth-order valence-corrected chi connectivity index (χ4v) is 6.01. The fourth-order valence-electron chi connectivity index (χ4n) is 4.17. The lowest BCUT2D eigenvalue weighted by atomic mass is 10.0. The molecule has 2 aromatic heterocycles. The second-order valence-corrected chi connectivity index (χ2v) is 10.4. The van der Waals surface area contributed by atoms with E-state index in [-0.39, 0.29) is 35.4 Å². The van der Waals surface area contributed by atoms with Gasteiger partial charge in [-0.25, -0.2) is 27.2 Å². The number of pyridine rings is 1. The summed E-state index contributed by atoms with van der Waals surface area (Å²) in [6, 6.07) is 4.91. The molecule has 1 aliphatic heterocycles. The van der Waals surface area contributed by atoms with E-state index in [4.69, 9.17) is 0 Å². The standard InChI is InChI=1S/C24H21F5N4O3S/c1-14-19(26)11-21(33(14)37(35,36)18-5-3-17(25)4-6-18)22(34)7-2-15-8-9-30-20(10-15)16-12-31-23(32-13-16)24(27,28)29/h3-6,8-10,12-14,19,21H,2,7,11H2,1H3/t14-,19+,21-/m0/s1. The van der Waals surface area contributed by atoms with Crippen LogP contribution < -0.4 is 0 Å². The molecule has 0 spiro atoms. The van der Waals surface area contributed by atoms with Crippen molar-refractivity contribution in [3.63, 3.8) is 0 Å². The molecule has 0 unspecified atom stereocenters. The van der Waals surface area contributed by atoms with Gasteiger partial charge < -0.3 is 0 Å². The van der Waals surface area contributed by atoms with E-state index >= 15 is 0 Å². The number of Topliss-reactive ketones (excluding diaryl/α,β-unsaturated/α-hetero) is 1. The molecule has 37 heavy (non-hydrogen) atoms. The van der Waals surface area contributed by atoms with Gasteiger partial charge in [0.15, 0.2) is 5.78 Å². The summed E-state index contributed by atoms with van der Waals surface area (Å²) in [5.41, 5.74) is 1.13. The number of aromatic nitrogens is 3. The number of carbonyl (C=O) groups excluding carboxylic acids is 1. The van der Waals surface area contributed by atoms with Gasteiger partial charge in [-0.1, -0.05) is 0 Å². The Labute approximate surface area is 209 Å². The Balaban J connectivity index is 1.49. The van der Waals surface area contributed by atoms with Crippen molar-refractivity contribution >= 4 is 15.8 Å². The fraction of sp³-hybridized carbons (Fsp3) is 0.333. The molecule has 1 aliphatic rings. The van der Waals surface area contributed by atoms with Gasteiger partial charge in [0.25, 0.3) is 0 Å². The minimum Gasteiger partial charge on any atom is -0.298 e. The molecule has 0 aliphatic carbocycles. The summed E-state index contributed by atoms with van der Waals surface area (Å²) in [5.74, 6) is -2.41. The lowest BCUT2D eigenvalue weighted by molar-refractivity contribution is -0.145. The van der Waals surface area contributed by atoms with E-state index in [9.17, 15) is 35.2 Å². The zero-order chi connectivity index (χ0) is 27.0. The molecule has 3 atom stereocenters. The van der Waals surface area contributed by atoms with E-state index in [0.717, 1.165) is 41.0 Å². The summed E-state index contributed by atoms with van der Waals surface area (Å²) in [7, 11) is -4.27. The SMILES string of the molecule is C[C@H]1[C@H](F)C[C@@H](C(=O)CCc2ccnc(-c3cnc(C(F)(F)F)nc3)c2)N1S(=O)(=O)c1ccc(F)cc1. The zero-order valence-corrected chi connectivity index (χ0v) is 20.2. The van der Waals surface area contributed by atoms with E-state index in [1.54, 1.807) is 12.1 Å². The number of sulfonamides is 1. The second-order valence-electron chi connectivity index (χ2n) is 8.61. The van der Waals surface area contributed by atoms with Crippen molar-refractivity contribution in [1.82, 2.24) is 19.3 Å². The smallest absolute Gasteiger partial charge is 0.298 e. The van der Waals surface area contributed by atoms with Crippen LogP contribution in [-0.4, -0.2) is 51.7 Å². The molecule has 4 rings (SSSR count). The van der Waals surface area contributed by atoms with Crippen LogP contribution in [-0.2, 0) is 27.4 Å². The number of benzene rings is 1. The highest BCUT2D eigenvalue weighted by Gasteiger charge is 2.48. The van der Waals surface area contributed by atoms with Gasteiger partial charge in [0.2, 0.25) is 15.8 Å². The van der Waals surface area contributed by atoms with Crippen molar-refractivity contribution in [2.45, 2.75) is 55.5 Å². The van der Waals surface area contributed by atoms with Crippen LogP contribution in [0.4, 0.5) is 22.0 Å². The minimum absolute atomic E-state index is 0.119. The molecular formula is C24H21F5N4O3S. The predicted octanol–water partition coefficient (Wildman–Crippen LogP) is 4.39. The number of aryl methyl sites for hydroxylation is 1. The summed E-state index contributed by atoms with van der Waals surface area (Å²) in [5, 5.41) is 0. The van der Waals surface area contributed by atoms with Gasteiger partial charge in [-0.2, -0.15) is 17.5 Å². The molecule has 13 heteroatoms. The number of halogens is 5. The van der Waals surface area contributed by atoms with Crippen LogP contribution in [0.1, 0.15) is 31.2 Å². The highest BCUT2D eigenvalue weighted by molar-refractivity contribution is 7.89. The van der Waals surface area contributed by atoms with Crippen molar-refractivity contribution in [3.05, 3.63) is 72.2 Å². The average molecular weight is 541 g/mol. The summed E-state index contributed by atoms with van der Waals surface area (Å²) in [6.07, 6.45) is -3.11. The van der Waals surface area contributed by atoms with Gasteiger partial charge in [0, 0.05) is 37.0 Å². The number of hydrogen-bond acceptors (Lipinski definition) is 6. The maximum absolute atomic E-state index is 14.6. The van der Waals surface area contributed by atoms with Crippen LogP contribution in [0.5, 0.6) is 0 Å². The van der Waals surface area contributed by atoms with Crippen LogP contribution in [0.15, 0.2) is 59.9 Å². The normalized spacial score (nSPS) is 20.8. The Hall–Kier alpha value is -3.32. The Bertz CT molecular complexity index is 1380. The number of nitrogens with zero attached hydrogens (tertiary/aromatic N) is 4. The van der Waals surface area contributed by atoms with E-state index < -0.39 is 51.9 Å². The van der Waals surface area contributed by atoms with Crippen LogP contribution >= 0.6 is 0 Å². The lowest BCUT2D eigenvalue weighted by Gasteiger charge is -2.26. The molecule has 3 heterocycles. The monoisotopic (exact) mass is 540 g/mol. The first-order chi connectivity index (χ1) is 17.4. The van der Waals surface area contributed by atoms with E-state index in [0.29, 0.717) is 5.56 Å². The predicted molar refractivity (Wildman–Crippen MR) is 122 cm³/mol. The lowest BCUT2D eigenvalue weighted by Crippen LogP contribution is -2.44. The first-order valence-corrected chi connectivity index (χ1v) is 12.6. The number of carbonyl (C=O) groups is 1. The quantitative estimate of drug-likeness (QED) is 0.413. The van der Waals surface area contributed by atoms with Gasteiger partial charge >= 0.3 is 6.18 Å². The third-order valence-corrected chi connectivity index (χ3v) is 8.14. The highest BCUT2D eigenvalue weighted by Crippen LogP contribution is 2.34. The van der Waals surface area contributed by atoms with Crippen LogP contribution in [0.2, 0.25) is 0 Å². The van der Waals surface area contributed by atoms with Crippen molar-refractivity contribution in [1.29, 1.82) is 0 Å². The topological polar surface area (TPSA) is 93.1 Å². The van der Waals surface area contributed by atoms with Crippen molar-refractivity contribution in [2.75, 3.05) is 0 Å². The van der Waals surface area contributed by atoms with Crippen LogP contribution in [0.3, 0.4) is 0 Å². The molecule has 7 nitrogen and oxygen atoms in total. The zero-order valence-electron chi connectivity index (χ0n) is 19.4. The van der Waals surface area contributed by atoms with Crippen LogP contribution in [0.25, 0.3) is 11.3 Å². The van der Waals surface area contributed by atoms with E-state index in [1.165, 1.54) is 13.1 Å². The Morgan fingerprint density at radius 2 is 1.73 bits per heavy atom. The Morgan fingerprint density at radius 3 is 2.35 bits per heavy atom. The highest BCUT2D eigenvalue weighted by atomic mass is 32.2. The maximum atomic E-state index is 14.6. The Morgan fingerprint density at radius 1 is 1.08 bits per heavy atom. The molecule has 0 radical (unpaired) electrons. The number of hydrogen-bond donors (Lipinski definition) is 0. The van der Waals surface area contributed by atoms with Crippen molar-refractivity contribution in [3.8, 4) is 11.3 Å². The van der Waals surface area contributed by atoms with Crippen molar-refractivity contribution < 1.29 is 35.2 Å². The van der Waals surface area contributed by atoms with E-state index in [1.807, 2.05) is 0 Å². The van der Waals surface area contributed by atoms with Crippen LogP contribution in [0, 0.1) is 5.82 Å². The first-order valence-electron chi connectivity index (χ1n) is 11.2. The van der Waals surface area contributed by atoms with E-state index in [2.05, 4.69) is 15.0 Å². The third-order valence-electron chi connectivity index (χ3n) is 6.13. The molecule has 0 amide bonds. The summed E-state index contributed by atoms with van der Waals surface area (Å²) < 4.78 is 93.2. The maximum Gasteiger partial charge on any atom is 0.451 e. The molecule has 1 fully saturated rings. The molecule has 196 valence electrons. The minimum atomic E-state index is -4.68. The Kier molecular flexibility index (Phi) is 7.38. The molecule has 0 saturated carbocycles. The molecule has 3 aromatic rings. The number of alkyl halides is 4. The van der Waals surface area contributed by atoms with Gasteiger partial charge in [0.1, 0.15) is 12.0 Å². The molecular weight excluding hydrogens is 519 g/mol. The van der Waals surface area contributed by atoms with Gasteiger partial charge in [-0.05, 0) is 55.3 Å². The van der Waals surface area contributed by atoms with Gasteiger partial charge in [-0.15, -0.1) is 0 Å². The molecule has 0 bridgehead atoms. The van der Waals surface area contributed by atoms with Gasteiger partial charge in [-0.3, -0.25) is 9.78 Å². The largest absolute Gasteiger partial charge is 0.451 e. The second kappa shape index (κ2) is 10.2. The average Bonchev–Trinajstić information content (AvgIpc) is 3.17.